The van der Waals surface area contributed by atoms with E-state index in [1.165, 1.54) is 68.0 Å². The summed E-state index contributed by atoms with van der Waals surface area (Å²) in [4.78, 5) is 39.7. The molecule has 6 nitrogen and oxygen atoms in total. The van der Waals surface area contributed by atoms with Crippen molar-refractivity contribution in [3.8, 4) is 0 Å². The molecule has 7 rings (SSSR count). The molecule has 0 N–H and O–H groups in total. The summed E-state index contributed by atoms with van der Waals surface area (Å²) in [7, 11) is 0. The zero-order valence-corrected chi connectivity index (χ0v) is 26.4. The van der Waals surface area contributed by atoms with Crippen molar-refractivity contribution in [2.24, 2.45) is 0 Å². The van der Waals surface area contributed by atoms with Crippen LogP contribution in [0.5, 0.6) is 0 Å². The highest BCUT2D eigenvalue weighted by molar-refractivity contribution is 7.25. The van der Waals surface area contributed by atoms with Gasteiger partial charge in [0.05, 0.1) is 0 Å². The highest BCUT2D eigenvalue weighted by Gasteiger charge is 1.96. The van der Waals surface area contributed by atoms with Crippen molar-refractivity contribution in [3.05, 3.63) is 109 Å². The van der Waals surface area contributed by atoms with E-state index in [4.69, 9.17) is 29.9 Å². The first-order valence-corrected chi connectivity index (χ1v) is 17.5. The Morgan fingerprint density at radius 1 is 0.214 bits per heavy atom. The number of nitrogens with zero attached hydrogens (tertiary/aromatic N) is 6. The smallest absolute Gasteiger partial charge is 0.119 e. The zero-order chi connectivity index (χ0) is 28.1. The molecule has 0 aliphatic heterocycles. The fourth-order valence-electron chi connectivity index (χ4n) is 3.70. The Hall–Kier alpha value is -3.78. The fourth-order valence-corrected chi connectivity index (χ4v) is 8.82. The Morgan fingerprint density at radius 2 is 0.333 bits per heavy atom. The van der Waals surface area contributed by atoms with Crippen molar-refractivity contribution in [1.29, 1.82) is 0 Å². The van der Waals surface area contributed by atoms with Crippen LogP contribution in [0.25, 0.3) is 58.0 Å². The summed E-state index contributed by atoms with van der Waals surface area (Å²) < 4.78 is 0. The third kappa shape index (κ3) is 6.98. The number of hydrogen-bond donors (Lipinski definition) is 0. The summed E-state index contributed by atoms with van der Waals surface area (Å²) in [6.45, 7) is 0. The van der Waals surface area contributed by atoms with E-state index in [1.807, 2.05) is 109 Å². The second-order valence-electron chi connectivity index (χ2n) is 8.50. The van der Waals surface area contributed by atoms with Gasteiger partial charge in [0.2, 0.25) is 0 Å². The number of pyridine rings is 6. The highest BCUT2D eigenvalue weighted by Crippen LogP contribution is 2.21. The van der Waals surface area contributed by atoms with Gasteiger partial charge in [-0.3, -0.25) is 0 Å². The lowest BCUT2D eigenvalue weighted by atomic mass is 10.5. The number of fused-ring (bicyclic) bond motifs is 12. The van der Waals surface area contributed by atoms with Crippen LogP contribution >= 0.6 is 68.0 Å². The number of rotatable bonds is 0. The molecule has 0 spiro atoms. The zero-order valence-electron chi connectivity index (χ0n) is 21.5. The topological polar surface area (TPSA) is 77.3 Å². The normalized spacial score (nSPS) is 10.9. The van der Waals surface area contributed by atoms with Gasteiger partial charge < -0.3 is 0 Å². The molecule has 0 saturated heterocycles. The lowest BCUT2D eigenvalue weighted by Gasteiger charge is -1.94. The largest absolute Gasteiger partial charge is 0.227 e. The van der Waals surface area contributed by atoms with Crippen molar-refractivity contribution < 1.29 is 0 Å². The molecule has 0 fully saturated rings. The van der Waals surface area contributed by atoms with E-state index in [9.17, 15) is 0 Å². The molecule has 7 aromatic rings. The lowest BCUT2D eigenvalue weighted by Crippen LogP contribution is -1.75. The average Bonchev–Trinajstić information content (AvgIpc) is 2.98. The van der Waals surface area contributed by atoms with Crippen LogP contribution in [0.4, 0.5) is 0 Å². The Kier molecular flexibility index (Phi) is 8.13. The second-order valence-corrected chi connectivity index (χ2v) is 14.7. The molecule has 7 heterocycles. The van der Waals surface area contributed by atoms with E-state index < -0.39 is 0 Å². The monoisotopic (exact) mass is 654 g/mol. The minimum Gasteiger partial charge on any atom is -0.227 e. The van der Waals surface area contributed by atoms with Crippen molar-refractivity contribution in [2.45, 2.75) is 0 Å². The van der Waals surface area contributed by atoms with E-state index in [0.29, 0.717) is 0 Å². The summed E-state index contributed by atoms with van der Waals surface area (Å²) in [6, 6.07) is 36.1. The predicted molar refractivity (Wildman–Crippen MR) is 185 cm³/mol. The maximum atomic E-state index is 4.86. The fraction of sp³-hybridized carbons (Fsp3) is 0. The Labute approximate surface area is 263 Å². The first kappa shape index (κ1) is 27.1. The third-order valence-electron chi connectivity index (χ3n) is 5.44. The van der Waals surface area contributed by atoms with Crippen molar-refractivity contribution >= 4 is 126 Å². The third-order valence-corrected chi connectivity index (χ3v) is 10.7. The minimum absolute atomic E-state index is 0.874. The van der Waals surface area contributed by atoms with E-state index in [-0.39, 0.29) is 0 Å². The quantitative estimate of drug-likeness (QED) is 0.162. The van der Waals surface area contributed by atoms with Gasteiger partial charge in [0.1, 0.15) is 58.0 Å². The summed E-state index contributed by atoms with van der Waals surface area (Å²) in [5, 5.41) is 0. The van der Waals surface area contributed by atoms with Crippen molar-refractivity contribution in [2.75, 3.05) is 0 Å². The van der Waals surface area contributed by atoms with Gasteiger partial charge in [-0.25, -0.2) is 29.9 Å². The van der Waals surface area contributed by atoms with E-state index in [0.717, 1.165) is 58.0 Å². The van der Waals surface area contributed by atoms with Crippen LogP contribution in [0, 0.1) is 0 Å². The van der Waals surface area contributed by atoms with Gasteiger partial charge in [-0.05, 0) is 72.8 Å². The number of hydrogen-bond acceptors (Lipinski definition) is 12. The Morgan fingerprint density at radius 3 is 0.452 bits per heavy atom. The lowest BCUT2D eigenvalue weighted by molar-refractivity contribution is 1.52. The maximum Gasteiger partial charge on any atom is 0.119 e. The SMILES string of the molecule is c1cc2nc(c1)sc1cccc(n1)sc1cccc(n1)sc1cccc(n1)sc1cccc(n1)sc1cccc(n1)s2. The molecule has 0 aliphatic rings. The van der Waals surface area contributed by atoms with Crippen LogP contribution < -0.4 is 0 Å². The molecule has 7 aromatic heterocycles. The Balaban J connectivity index is 1.53. The maximum absolute atomic E-state index is 4.86. The number of aromatic nitrogens is 6. The van der Waals surface area contributed by atoms with Crippen LogP contribution in [0.1, 0.15) is 0 Å². The van der Waals surface area contributed by atoms with Gasteiger partial charge in [0.25, 0.3) is 0 Å². The molecule has 12 heteroatoms. The van der Waals surface area contributed by atoms with Gasteiger partial charge in [0.15, 0.2) is 0 Å². The highest BCUT2D eigenvalue weighted by atomic mass is 32.1. The molecule has 42 heavy (non-hydrogen) atoms. The standard InChI is InChI=1S/C30H18N6S6/c1-7-19-31-20(8-1)38-22-10-3-12-24(33-22)40-26-14-5-16-28(35-26)42-30-18-6-17-29(36-30)41-27-15-4-13-25(34-27)39-23-11-2-9-21(32-23)37-19/h1-18H. The molecule has 0 radical (unpaired) electrons. The van der Waals surface area contributed by atoms with Gasteiger partial charge in [-0.15, -0.1) is 0 Å². The van der Waals surface area contributed by atoms with Crippen molar-refractivity contribution in [3.63, 3.8) is 0 Å². The molecule has 0 amide bonds. The minimum atomic E-state index is 0.874. The van der Waals surface area contributed by atoms with Gasteiger partial charge in [0, 0.05) is 0 Å². The first-order valence-electron chi connectivity index (χ1n) is 12.6. The van der Waals surface area contributed by atoms with E-state index in [2.05, 4.69) is 0 Å². The molecular weight excluding hydrogens is 637 g/mol. The summed E-state index contributed by atoms with van der Waals surface area (Å²) in [6.07, 6.45) is 0. The average molecular weight is 655 g/mol. The van der Waals surface area contributed by atoms with Crippen LogP contribution in [-0.4, -0.2) is 29.9 Å². The molecule has 0 unspecified atom stereocenters. The van der Waals surface area contributed by atoms with Gasteiger partial charge >= 0.3 is 0 Å². The van der Waals surface area contributed by atoms with E-state index >= 15 is 0 Å². The molecule has 204 valence electrons. The summed E-state index contributed by atoms with van der Waals surface area (Å²) >= 11 is 9.22. The first-order chi connectivity index (χ1) is 20.7. The molecule has 12 bridgehead atoms. The molecule has 0 atom stereocenters. The van der Waals surface area contributed by atoms with Crippen LogP contribution in [-0.2, 0) is 0 Å². The molecule has 0 aliphatic carbocycles. The van der Waals surface area contributed by atoms with Crippen LogP contribution in [0.3, 0.4) is 0 Å². The molecule has 0 aromatic carbocycles. The summed E-state index contributed by atoms with van der Waals surface area (Å²) in [5.74, 6) is 0. The Bertz CT molecular complexity index is 1800. The van der Waals surface area contributed by atoms with Crippen molar-refractivity contribution in [1.82, 2.24) is 29.9 Å². The second kappa shape index (κ2) is 12.6. The van der Waals surface area contributed by atoms with Gasteiger partial charge in [-0.1, -0.05) is 104 Å². The van der Waals surface area contributed by atoms with Crippen LogP contribution in [0.15, 0.2) is 109 Å². The predicted octanol–water partition coefficient (Wildman–Crippen LogP) is 10.4. The molecule has 0 saturated carbocycles. The molecular formula is C30H18N6S6. The summed E-state index contributed by atoms with van der Waals surface area (Å²) in [5.41, 5.74) is 0. The van der Waals surface area contributed by atoms with E-state index in [1.54, 1.807) is 0 Å². The van der Waals surface area contributed by atoms with Crippen LogP contribution in [0.2, 0.25) is 0 Å². The van der Waals surface area contributed by atoms with Gasteiger partial charge in [-0.2, -0.15) is 0 Å².